The van der Waals surface area contributed by atoms with E-state index in [0.717, 1.165) is 12.8 Å². The Labute approximate surface area is 81.9 Å². The average molecular weight is 194 g/mol. The molecule has 0 heterocycles. The van der Waals surface area contributed by atoms with Crippen LogP contribution >= 0.6 is 11.6 Å². The molecule has 66 valence electrons. The fourth-order valence-electron chi connectivity index (χ4n) is 1.04. The van der Waals surface area contributed by atoms with E-state index < -0.39 is 0 Å². The summed E-state index contributed by atoms with van der Waals surface area (Å²) in [6.45, 7) is 6.93. The molecule has 2 rings (SSSR count). The van der Waals surface area contributed by atoms with Gasteiger partial charge < -0.3 is 4.74 Å². The minimum absolute atomic E-state index is 0.321. The maximum Gasteiger partial charge on any atom is 0.229 e. The Balaban J connectivity index is 2.27. The highest BCUT2D eigenvalue weighted by atomic mass is 35.5. The van der Waals surface area contributed by atoms with Crippen molar-refractivity contribution in [2.24, 2.45) is 0 Å². The van der Waals surface area contributed by atoms with Crippen LogP contribution in [0.25, 0.3) is 4.85 Å². The quantitative estimate of drug-likeness (QED) is 0.656. The molecule has 0 amide bonds. The molecule has 0 radical (unpaired) electrons. The first kappa shape index (κ1) is 8.40. The SMILES string of the molecule is [C-]#[N+]c1cc(Cl)ccc1OC1CC1. The molecular formula is C10H8ClNO. The van der Waals surface area contributed by atoms with Gasteiger partial charge in [0.1, 0.15) is 5.75 Å². The molecule has 0 atom stereocenters. The van der Waals surface area contributed by atoms with E-state index in [2.05, 4.69) is 4.85 Å². The highest BCUT2D eigenvalue weighted by Gasteiger charge is 2.24. The standard InChI is InChI=1S/C10H8ClNO/c1-12-9-6-7(11)2-5-10(9)13-8-3-4-8/h2,5-6,8H,3-4H2. The third-order valence-corrected chi connectivity index (χ3v) is 2.09. The van der Waals surface area contributed by atoms with Gasteiger partial charge in [0.25, 0.3) is 0 Å². The zero-order chi connectivity index (χ0) is 9.26. The van der Waals surface area contributed by atoms with Gasteiger partial charge in [-0.2, -0.15) is 0 Å². The molecule has 1 aliphatic carbocycles. The summed E-state index contributed by atoms with van der Waals surface area (Å²) in [7, 11) is 0. The zero-order valence-electron chi connectivity index (χ0n) is 6.96. The molecule has 13 heavy (non-hydrogen) atoms. The van der Waals surface area contributed by atoms with Crippen molar-refractivity contribution in [2.75, 3.05) is 0 Å². The van der Waals surface area contributed by atoms with Crippen LogP contribution in [0.4, 0.5) is 5.69 Å². The molecule has 0 saturated heterocycles. The summed E-state index contributed by atoms with van der Waals surface area (Å²) in [5.41, 5.74) is 0.499. The smallest absolute Gasteiger partial charge is 0.229 e. The molecule has 1 aromatic carbocycles. The fourth-order valence-corrected chi connectivity index (χ4v) is 1.21. The molecule has 0 spiro atoms. The van der Waals surface area contributed by atoms with Crippen molar-refractivity contribution < 1.29 is 4.74 Å². The molecular weight excluding hydrogens is 186 g/mol. The molecule has 2 nitrogen and oxygen atoms in total. The average Bonchev–Trinajstić information content (AvgIpc) is 2.92. The van der Waals surface area contributed by atoms with E-state index in [1.54, 1.807) is 18.2 Å². The highest BCUT2D eigenvalue weighted by Crippen LogP contribution is 2.35. The van der Waals surface area contributed by atoms with Crippen LogP contribution in [-0.4, -0.2) is 6.10 Å². The molecule has 0 aromatic heterocycles. The molecule has 0 N–H and O–H groups in total. The van der Waals surface area contributed by atoms with E-state index in [0.29, 0.717) is 22.6 Å². The largest absolute Gasteiger partial charge is 0.501 e. The van der Waals surface area contributed by atoms with E-state index in [4.69, 9.17) is 22.9 Å². The van der Waals surface area contributed by atoms with Crippen molar-refractivity contribution in [3.63, 3.8) is 0 Å². The van der Waals surface area contributed by atoms with E-state index >= 15 is 0 Å². The second-order valence-electron chi connectivity index (χ2n) is 3.04. The monoisotopic (exact) mass is 193 g/mol. The van der Waals surface area contributed by atoms with Crippen LogP contribution in [0.3, 0.4) is 0 Å². The number of hydrogen-bond donors (Lipinski definition) is 0. The third-order valence-electron chi connectivity index (χ3n) is 1.86. The van der Waals surface area contributed by atoms with Gasteiger partial charge in [0, 0.05) is 5.02 Å². The van der Waals surface area contributed by atoms with Gasteiger partial charge in [0.2, 0.25) is 5.69 Å². The molecule has 0 bridgehead atoms. The lowest BCUT2D eigenvalue weighted by atomic mass is 10.3. The van der Waals surface area contributed by atoms with Gasteiger partial charge >= 0.3 is 0 Å². The third kappa shape index (κ3) is 1.93. The predicted molar refractivity (Wildman–Crippen MR) is 51.4 cm³/mol. The van der Waals surface area contributed by atoms with Gasteiger partial charge in [0.05, 0.1) is 12.7 Å². The number of halogens is 1. The van der Waals surface area contributed by atoms with Crippen LogP contribution in [0.2, 0.25) is 5.02 Å². The minimum Gasteiger partial charge on any atom is -0.501 e. The van der Waals surface area contributed by atoms with Crippen molar-refractivity contribution in [2.45, 2.75) is 18.9 Å². The summed E-state index contributed by atoms with van der Waals surface area (Å²) in [5.74, 6) is 0.655. The lowest BCUT2D eigenvalue weighted by molar-refractivity contribution is 0.305. The number of hydrogen-bond acceptors (Lipinski definition) is 1. The number of rotatable bonds is 2. The summed E-state index contributed by atoms with van der Waals surface area (Å²) in [6, 6.07) is 5.13. The van der Waals surface area contributed by atoms with Crippen molar-refractivity contribution in [1.29, 1.82) is 0 Å². The normalized spacial score (nSPS) is 15.1. The molecule has 1 fully saturated rings. The van der Waals surface area contributed by atoms with E-state index in [1.807, 2.05) is 0 Å². The van der Waals surface area contributed by atoms with Crippen LogP contribution in [0.1, 0.15) is 12.8 Å². The second kappa shape index (κ2) is 3.27. The summed E-state index contributed by atoms with van der Waals surface area (Å²) in [5, 5.41) is 0.578. The first-order valence-electron chi connectivity index (χ1n) is 4.13. The molecule has 1 aromatic rings. The van der Waals surface area contributed by atoms with Crippen LogP contribution in [0, 0.1) is 6.57 Å². The Morgan fingerprint density at radius 3 is 2.85 bits per heavy atom. The summed E-state index contributed by atoms with van der Waals surface area (Å²) in [6.07, 6.45) is 2.52. The van der Waals surface area contributed by atoms with Gasteiger partial charge in [-0.05, 0) is 31.0 Å². The highest BCUT2D eigenvalue weighted by molar-refractivity contribution is 6.30. The first-order valence-corrected chi connectivity index (χ1v) is 4.51. The Kier molecular flexibility index (Phi) is 2.12. The Morgan fingerprint density at radius 1 is 1.46 bits per heavy atom. The van der Waals surface area contributed by atoms with Gasteiger partial charge in [-0.1, -0.05) is 11.6 Å². The Bertz CT molecular complexity index is 366. The Hall–Kier alpha value is -1.20. The van der Waals surface area contributed by atoms with Crippen LogP contribution in [0.15, 0.2) is 18.2 Å². The second-order valence-corrected chi connectivity index (χ2v) is 3.48. The van der Waals surface area contributed by atoms with Crippen molar-refractivity contribution >= 4 is 17.3 Å². The van der Waals surface area contributed by atoms with Crippen molar-refractivity contribution in [3.8, 4) is 5.75 Å². The van der Waals surface area contributed by atoms with Gasteiger partial charge in [-0.15, -0.1) is 0 Å². The molecule has 0 unspecified atom stereocenters. The molecule has 0 aliphatic heterocycles. The Morgan fingerprint density at radius 2 is 2.23 bits per heavy atom. The van der Waals surface area contributed by atoms with E-state index in [1.165, 1.54) is 0 Å². The van der Waals surface area contributed by atoms with E-state index in [-0.39, 0.29) is 0 Å². The summed E-state index contributed by atoms with van der Waals surface area (Å²) >= 11 is 5.75. The van der Waals surface area contributed by atoms with Gasteiger partial charge in [-0.25, -0.2) is 4.85 Å². The van der Waals surface area contributed by atoms with Crippen LogP contribution in [0.5, 0.6) is 5.75 Å². The summed E-state index contributed by atoms with van der Waals surface area (Å²) in [4.78, 5) is 3.35. The van der Waals surface area contributed by atoms with Gasteiger partial charge in [0.15, 0.2) is 0 Å². The fraction of sp³-hybridized carbons (Fsp3) is 0.300. The molecule has 1 saturated carbocycles. The van der Waals surface area contributed by atoms with Gasteiger partial charge in [-0.3, -0.25) is 0 Å². The lowest BCUT2D eigenvalue weighted by Gasteiger charge is -2.05. The lowest BCUT2D eigenvalue weighted by Crippen LogP contribution is -1.95. The van der Waals surface area contributed by atoms with E-state index in [9.17, 15) is 0 Å². The van der Waals surface area contributed by atoms with Crippen molar-refractivity contribution in [1.82, 2.24) is 0 Å². The number of benzene rings is 1. The minimum atomic E-state index is 0.321. The first-order chi connectivity index (χ1) is 6.29. The number of nitrogens with zero attached hydrogens (tertiary/aromatic N) is 1. The summed E-state index contributed by atoms with van der Waals surface area (Å²) < 4.78 is 5.53. The number of ether oxygens (including phenoxy) is 1. The topological polar surface area (TPSA) is 13.6 Å². The maximum atomic E-state index is 6.93. The molecule has 1 aliphatic rings. The predicted octanol–water partition coefficient (Wildman–Crippen LogP) is 3.43. The van der Waals surface area contributed by atoms with Crippen LogP contribution < -0.4 is 4.74 Å². The maximum absolute atomic E-state index is 6.93. The van der Waals surface area contributed by atoms with Crippen molar-refractivity contribution in [3.05, 3.63) is 34.6 Å². The van der Waals surface area contributed by atoms with Crippen LogP contribution in [-0.2, 0) is 0 Å². The molecule has 3 heteroatoms. The zero-order valence-corrected chi connectivity index (χ0v) is 7.71.